The Kier molecular flexibility index (Phi) is 8.08. The van der Waals surface area contributed by atoms with Gasteiger partial charge in [-0.1, -0.05) is 23.7 Å². The van der Waals surface area contributed by atoms with Crippen LogP contribution >= 0.6 is 11.6 Å². The number of nitrogens with one attached hydrogen (secondary N) is 3. The van der Waals surface area contributed by atoms with Gasteiger partial charge in [0.1, 0.15) is 5.60 Å². The Balaban J connectivity index is 1.34. The minimum atomic E-state index is -0.678. The van der Waals surface area contributed by atoms with Crippen molar-refractivity contribution in [2.24, 2.45) is 0 Å². The topological polar surface area (TPSA) is 126 Å². The smallest absolute Gasteiger partial charge is 0.410 e. The van der Waals surface area contributed by atoms with Crippen LogP contribution in [0.1, 0.15) is 47.9 Å². The number of aromatic nitrogens is 2. The van der Waals surface area contributed by atoms with Crippen LogP contribution < -0.4 is 16.2 Å². The number of amides is 3. The van der Waals surface area contributed by atoms with E-state index in [0.717, 1.165) is 10.9 Å². The van der Waals surface area contributed by atoms with Crippen LogP contribution in [0.2, 0.25) is 5.02 Å². The van der Waals surface area contributed by atoms with E-state index in [1.165, 1.54) is 15.5 Å². The Morgan fingerprint density at radius 3 is 2.36 bits per heavy atom. The van der Waals surface area contributed by atoms with Crippen molar-refractivity contribution in [3.05, 3.63) is 99.6 Å². The summed E-state index contributed by atoms with van der Waals surface area (Å²) >= 11 is 6.17. The highest BCUT2D eigenvalue weighted by Crippen LogP contribution is 2.24. The average Bonchev–Trinajstić information content (AvgIpc) is 3.33. The second-order valence-corrected chi connectivity index (χ2v) is 11.6. The van der Waals surface area contributed by atoms with Crippen LogP contribution in [0, 0.1) is 0 Å². The molecule has 1 aliphatic rings. The summed E-state index contributed by atoms with van der Waals surface area (Å²) in [6, 6.07) is 15.6. The largest absolute Gasteiger partial charge is 0.444 e. The molecule has 42 heavy (non-hydrogen) atoms. The molecule has 1 fully saturated rings. The van der Waals surface area contributed by atoms with Gasteiger partial charge in [-0.3, -0.25) is 19.0 Å². The molecule has 218 valence electrons. The second kappa shape index (κ2) is 11.7. The van der Waals surface area contributed by atoms with Crippen LogP contribution in [0.15, 0.2) is 77.9 Å². The van der Waals surface area contributed by atoms with Crippen molar-refractivity contribution in [2.75, 3.05) is 13.1 Å². The predicted molar refractivity (Wildman–Crippen MR) is 160 cm³/mol. The van der Waals surface area contributed by atoms with Gasteiger partial charge in [-0.2, -0.15) is 0 Å². The highest BCUT2D eigenvalue weighted by Gasteiger charge is 2.35. The number of nitrogens with zero attached hydrogens (tertiary/aromatic N) is 2. The third-order valence-corrected chi connectivity index (χ3v) is 7.33. The number of benzene rings is 2. The van der Waals surface area contributed by atoms with Crippen molar-refractivity contribution in [2.45, 2.75) is 44.9 Å². The number of aromatic amines is 1. The lowest BCUT2D eigenvalue weighted by Crippen LogP contribution is -2.61. The summed E-state index contributed by atoms with van der Waals surface area (Å²) in [5.41, 5.74) is 1.30. The monoisotopic (exact) mass is 589 g/mol. The molecule has 1 aliphatic heterocycles. The number of hydrogen-bond acceptors (Lipinski definition) is 5. The van der Waals surface area contributed by atoms with E-state index in [2.05, 4.69) is 15.6 Å². The lowest BCUT2D eigenvalue weighted by molar-refractivity contribution is 0.0161. The first-order valence-corrected chi connectivity index (χ1v) is 14.0. The molecule has 10 nitrogen and oxygen atoms in total. The van der Waals surface area contributed by atoms with Crippen molar-refractivity contribution in [3.8, 4) is 5.69 Å². The number of ether oxygens (including phenoxy) is 1. The molecular formula is C31H32ClN5O5. The van der Waals surface area contributed by atoms with Crippen molar-refractivity contribution in [1.29, 1.82) is 0 Å². The van der Waals surface area contributed by atoms with E-state index in [4.69, 9.17) is 16.3 Å². The van der Waals surface area contributed by atoms with E-state index in [1.54, 1.807) is 87.8 Å². The van der Waals surface area contributed by atoms with Gasteiger partial charge in [0.25, 0.3) is 17.4 Å². The van der Waals surface area contributed by atoms with Crippen molar-refractivity contribution in [1.82, 2.24) is 25.1 Å². The maximum Gasteiger partial charge on any atom is 0.410 e. The predicted octanol–water partition coefficient (Wildman–Crippen LogP) is 4.51. The van der Waals surface area contributed by atoms with E-state index >= 15 is 0 Å². The number of hydrogen-bond donors (Lipinski definition) is 3. The Morgan fingerprint density at radius 2 is 1.64 bits per heavy atom. The summed E-state index contributed by atoms with van der Waals surface area (Å²) < 4.78 is 7.03. The zero-order valence-corrected chi connectivity index (χ0v) is 24.3. The molecule has 1 saturated heterocycles. The van der Waals surface area contributed by atoms with Gasteiger partial charge >= 0.3 is 6.09 Å². The Morgan fingerprint density at radius 1 is 0.952 bits per heavy atom. The van der Waals surface area contributed by atoms with Crippen LogP contribution in [-0.4, -0.2) is 63.1 Å². The molecule has 3 N–H and O–H groups in total. The molecule has 0 aliphatic carbocycles. The number of H-pyrrole nitrogens is 1. The zero-order chi connectivity index (χ0) is 30.0. The fourth-order valence-corrected chi connectivity index (χ4v) is 5.13. The molecule has 3 heterocycles. The number of piperidine rings is 1. The minimum absolute atomic E-state index is 0.147. The number of fused-ring (bicyclic) bond motifs is 1. The minimum Gasteiger partial charge on any atom is -0.444 e. The number of carbonyl (C=O) groups is 3. The number of halogens is 1. The Labute approximate surface area is 247 Å². The molecule has 2 atom stereocenters. The van der Waals surface area contributed by atoms with Crippen molar-refractivity contribution in [3.63, 3.8) is 0 Å². The summed E-state index contributed by atoms with van der Waals surface area (Å²) in [5, 5.41) is 7.42. The molecule has 2 aromatic carbocycles. The maximum atomic E-state index is 13.3. The van der Waals surface area contributed by atoms with Crippen LogP contribution in [-0.2, 0) is 4.74 Å². The summed E-state index contributed by atoms with van der Waals surface area (Å²) in [6.45, 7) is 5.86. The molecule has 0 radical (unpaired) electrons. The Hall–Kier alpha value is -4.57. The van der Waals surface area contributed by atoms with Crippen LogP contribution in [0.5, 0.6) is 0 Å². The van der Waals surface area contributed by atoms with E-state index in [9.17, 15) is 19.2 Å². The molecule has 3 amide bonds. The van der Waals surface area contributed by atoms with E-state index < -0.39 is 23.8 Å². The molecule has 0 unspecified atom stereocenters. The summed E-state index contributed by atoms with van der Waals surface area (Å²) in [4.78, 5) is 56.2. The first kappa shape index (κ1) is 28.9. The standard InChI is InChI=1S/C31H32ClN5O5/c1-31(2,3)42-30(41)36-15-13-24(34-29(40)20-9-12-22-23(32)17-33-25(22)16-20)26(18-36)35-28(39)19-7-10-21(11-8-19)37-14-5-4-6-27(37)38/h4-12,14,16-17,24,26,33H,13,15,18H2,1-3H3,(H,34,40)(H,35,39)/t24-,26+/m0/s1. The first-order chi connectivity index (χ1) is 20.0. The van der Waals surface area contributed by atoms with E-state index in [-0.39, 0.29) is 23.9 Å². The quantitative estimate of drug-likeness (QED) is 0.316. The highest BCUT2D eigenvalue weighted by atomic mass is 35.5. The molecule has 11 heteroatoms. The number of rotatable bonds is 5. The number of carbonyl (C=O) groups excluding carboxylic acids is 3. The zero-order valence-electron chi connectivity index (χ0n) is 23.5. The normalized spacial score (nSPS) is 17.1. The van der Waals surface area contributed by atoms with E-state index in [0.29, 0.717) is 34.8 Å². The van der Waals surface area contributed by atoms with Gasteiger partial charge < -0.3 is 25.3 Å². The van der Waals surface area contributed by atoms with Gasteiger partial charge in [0.05, 0.1) is 17.1 Å². The van der Waals surface area contributed by atoms with Crippen LogP contribution in [0.25, 0.3) is 16.6 Å². The second-order valence-electron chi connectivity index (χ2n) is 11.2. The third-order valence-electron chi connectivity index (χ3n) is 7.02. The molecule has 0 saturated carbocycles. The molecule has 2 aromatic heterocycles. The lowest BCUT2D eigenvalue weighted by Gasteiger charge is -2.39. The van der Waals surface area contributed by atoms with Gasteiger partial charge in [0.15, 0.2) is 0 Å². The first-order valence-electron chi connectivity index (χ1n) is 13.6. The van der Waals surface area contributed by atoms with Gasteiger partial charge in [-0.05, 0) is 69.7 Å². The van der Waals surface area contributed by atoms with Gasteiger partial charge in [0, 0.05) is 59.3 Å². The molecule has 5 rings (SSSR count). The SMILES string of the molecule is CC(C)(C)OC(=O)N1CC[C@H](NC(=O)c2ccc3c(Cl)c[nH]c3c2)[C@H](NC(=O)c2ccc(-n3ccccc3=O)cc2)C1. The number of pyridine rings is 1. The van der Waals surface area contributed by atoms with Gasteiger partial charge in [-0.25, -0.2) is 4.79 Å². The van der Waals surface area contributed by atoms with Gasteiger partial charge in [-0.15, -0.1) is 0 Å². The fourth-order valence-electron chi connectivity index (χ4n) is 4.91. The maximum absolute atomic E-state index is 13.3. The third kappa shape index (κ3) is 6.49. The van der Waals surface area contributed by atoms with Crippen LogP contribution in [0.4, 0.5) is 4.79 Å². The summed E-state index contributed by atoms with van der Waals surface area (Å²) in [7, 11) is 0. The summed E-state index contributed by atoms with van der Waals surface area (Å²) in [5.74, 6) is -0.685. The Bertz CT molecular complexity index is 1690. The molecule has 0 spiro atoms. The fraction of sp³-hybridized carbons (Fsp3) is 0.290. The summed E-state index contributed by atoms with van der Waals surface area (Å²) in [6.07, 6.45) is 3.23. The highest BCUT2D eigenvalue weighted by molar-refractivity contribution is 6.35. The average molecular weight is 590 g/mol. The number of likely N-dealkylation sites (tertiary alicyclic amines) is 1. The molecule has 4 aromatic rings. The van der Waals surface area contributed by atoms with Gasteiger partial charge in [0.2, 0.25) is 0 Å². The van der Waals surface area contributed by atoms with Crippen molar-refractivity contribution < 1.29 is 19.1 Å². The molecule has 0 bridgehead atoms. The van der Waals surface area contributed by atoms with E-state index in [1.807, 2.05) is 0 Å². The van der Waals surface area contributed by atoms with Crippen LogP contribution in [0.3, 0.4) is 0 Å². The van der Waals surface area contributed by atoms with Crippen molar-refractivity contribution >= 4 is 40.4 Å². The molecular weight excluding hydrogens is 558 g/mol. The lowest BCUT2D eigenvalue weighted by atomic mass is 9.98.